The van der Waals surface area contributed by atoms with Gasteiger partial charge in [-0.2, -0.15) is 0 Å². The van der Waals surface area contributed by atoms with Crippen molar-refractivity contribution in [1.82, 2.24) is 10.2 Å². The molecule has 0 bridgehead atoms. The van der Waals surface area contributed by atoms with Gasteiger partial charge in [0.25, 0.3) is 0 Å². The van der Waals surface area contributed by atoms with E-state index in [1.165, 1.54) is 0 Å². The van der Waals surface area contributed by atoms with Gasteiger partial charge in [0.15, 0.2) is 0 Å². The van der Waals surface area contributed by atoms with Crippen LogP contribution < -0.4 is 5.32 Å². The van der Waals surface area contributed by atoms with E-state index in [1.807, 2.05) is 33.9 Å². The molecule has 4 nitrogen and oxygen atoms in total. The first kappa shape index (κ1) is 14.0. The molecule has 0 aromatic rings. The summed E-state index contributed by atoms with van der Waals surface area (Å²) in [5.41, 5.74) is -0.429. The third kappa shape index (κ3) is 4.04. The standard InChI is InChI=1S/C13H24N2O2/c1-6-10-7-8-15(9-11(10)14-5)12(16)17-13(2,3)4/h6,10-11,14H,1,7-9H2,2-5H3. The lowest BCUT2D eigenvalue weighted by molar-refractivity contribution is 0.0164. The SMILES string of the molecule is C=CC1CCN(C(=O)OC(C)(C)C)CC1NC. The molecule has 4 heteroatoms. The quantitative estimate of drug-likeness (QED) is 0.751. The summed E-state index contributed by atoms with van der Waals surface area (Å²) < 4.78 is 5.37. The molecule has 0 saturated carbocycles. The predicted molar refractivity (Wildman–Crippen MR) is 69.0 cm³/mol. The Morgan fingerprint density at radius 3 is 2.65 bits per heavy atom. The van der Waals surface area contributed by atoms with E-state index in [1.54, 1.807) is 4.90 Å². The molecule has 0 aliphatic carbocycles. The maximum Gasteiger partial charge on any atom is 0.410 e. The molecule has 0 radical (unpaired) electrons. The fourth-order valence-electron chi connectivity index (χ4n) is 2.05. The third-order valence-corrected chi connectivity index (χ3v) is 2.99. The van der Waals surface area contributed by atoms with Crippen molar-refractivity contribution >= 4 is 6.09 Å². The minimum Gasteiger partial charge on any atom is -0.444 e. The highest BCUT2D eigenvalue weighted by molar-refractivity contribution is 5.68. The summed E-state index contributed by atoms with van der Waals surface area (Å²) in [5, 5.41) is 3.23. The number of nitrogens with one attached hydrogen (secondary N) is 1. The highest BCUT2D eigenvalue weighted by Gasteiger charge is 2.31. The second-order valence-electron chi connectivity index (χ2n) is 5.51. The molecule has 0 aromatic carbocycles. The summed E-state index contributed by atoms with van der Waals surface area (Å²) in [5.74, 6) is 0.429. The molecule has 0 spiro atoms. The minimum atomic E-state index is -0.429. The smallest absolute Gasteiger partial charge is 0.410 e. The lowest BCUT2D eigenvalue weighted by Gasteiger charge is -2.37. The maximum absolute atomic E-state index is 11.9. The van der Waals surface area contributed by atoms with Crippen LogP contribution in [0.3, 0.4) is 0 Å². The van der Waals surface area contributed by atoms with Crippen molar-refractivity contribution in [3.63, 3.8) is 0 Å². The van der Waals surface area contributed by atoms with Crippen molar-refractivity contribution in [2.45, 2.75) is 38.8 Å². The van der Waals surface area contributed by atoms with Crippen molar-refractivity contribution in [3.8, 4) is 0 Å². The van der Waals surface area contributed by atoms with E-state index in [9.17, 15) is 4.79 Å². The van der Waals surface area contributed by atoms with Gasteiger partial charge in [-0.05, 0) is 40.2 Å². The Morgan fingerprint density at radius 1 is 1.53 bits per heavy atom. The van der Waals surface area contributed by atoms with Crippen LogP contribution in [0.15, 0.2) is 12.7 Å². The van der Waals surface area contributed by atoms with E-state index in [2.05, 4.69) is 11.9 Å². The predicted octanol–water partition coefficient (Wildman–Crippen LogP) is 2.02. The fourth-order valence-corrected chi connectivity index (χ4v) is 2.05. The number of likely N-dealkylation sites (N-methyl/N-ethyl adjacent to an activating group) is 1. The molecule has 0 aromatic heterocycles. The number of carbonyl (C=O) groups excluding carboxylic acids is 1. The number of nitrogens with zero attached hydrogens (tertiary/aromatic N) is 1. The summed E-state index contributed by atoms with van der Waals surface area (Å²) in [6.07, 6.45) is 2.68. The van der Waals surface area contributed by atoms with Crippen LogP contribution in [0, 0.1) is 5.92 Å². The highest BCUT2D eigenvalue weighted by Crippen LogP contribution is 2.20. The zero-order valence-electron chi connectivity index (χ0n) is 11.3. The summed E-state index contributed by atoms with van der Waals surface area (Å²) in [7, 11) is 1.92. The van der Waals surface area contributed by atoms with Crippen LogP contribution in [0.1, 0.15) is 27.2 Å². The molecule has 98 valence electrons. The summed E-state index contributed by atoms with van der Waals surface area (Å²) in [6.45, 7) is 10.9. The maximum atomic E-state index is 11.9. The number of hydrogen-bond donors (Lipinski definition) is 1. The van der Waals surface area contributed by atoms with Crippen LogP contribution >= 0.6 is 0 Å². The number of rotatable bonds is 2. The van der Waals surface area contributed by atoms with Gasteiger partial charge in [0, 0.05) is 19.1 Å². The van der Waals surface area contributed by atoms with Gasteiger partial charge in [0.2, 0.25) is 0 Å². The van der Waals surface area contributed by atoms with E-state index >= 15 is 0 Å². The van der Waals surface area contributed by atoms with Crippen molar-refractivity contribution in [3.05, 3.63) is 12.7 Å². The molecule has 1 saturated heterocycles. The van der Waals surface area contributed by atoms with Gasteiger partial charge in [-0.15, -0.1) is 6.58 Å². The normalized spacial score (nSPS) is 25.5. The Bertz CT molecular complexity index is 284. The first-order chi connectivity index (χ1) is 7.87. The number of piperidine rings is 1. The Kier molecular flexibility index (Phi) is 4.57. The first-order valence-corrected chi connectivity index (χ1v) is 6.15. The van der Waals surface area contributed by atoms with E-state index in [0.717, 1.165) is 13.0 Å². The number of carbonyl (C=O) groups is 1. The molecule has 1 N–H and O–H groups in total. The van der Waals surface area contributed by atoms with Gasteiger partial charge < -0.3 is 15.0 Å². The third-order valence-electron chi connectivity index (χ3n) is 2.99. The Morgan fingerprint density at radius 2 is 2.18 bits per heavy atom. The average Bonchev–Trinajstić information content (AvgIpc) is 2.25. The lowest BCUT2D eigenvalue weighted by Crippen LogP contribution is -2.52. The van der Waals surface area contributed by atoms with Gasteiger partial charge in [0.1, 0.15) is 5.60 Å². The second kappa shape index (κ2) is 5.54. The zero-order valence-corrected chi connectivity index (χ0v) is 11.3. The van der Waals surface area contributed by atoms with Gasteiger partial charge in [-0.3, -0.25) is 0 Å². The van der Waals surface area contributed by atoms with Crippen LogP contribution in [0.4, 0.5) is 4.79 Å². The largest absolute Gasteiger partial charge is 0.444 e. The summed E-state index contributed by atoms with van der Waals surface area (Å²) in [6, 6.07) is 0.272. The van der Waals surface area contributed by atoms with E-state index in [4.69, 9.17) is 4.74 Å². The van der Waals surface area contributed by atoms with Crippen LogP contribution in [0.5, 0.6) is 0 Å². The van der Waals surface area contributed by atoms with Crippen LogP contribution in [-0.4, -0.2) is 42.8 Å². The zero-order chi connectivity index (χ0) is 13.1. The fraction of sp³-hybridized carbons (Fsp3) is 0.769. The molecule has 2 atom stereocenters. The van der Waals surface area contributed by atoms with E-state index in [-0.39, 0.29) is 12.1 Å². The van der Waals surface area contributed by atoms with Crippen LogP contribution in [0.25, 0.3) is 0 Å². The molecule has 1 aliphatic heterocycles. The molecule has 17 heavy (non-hydrogen) atoms. The molecule has 2 unspecified atom stereocenters. The molecular weight excluding hydrogens is 216 g/mol. The molecule has 1 aliphatic rings. The van der Waals surface area contributed by atoms with Crippen LogP contribution in [0.2, 0.25) is 0 Å². The number of hydrogen-bond acceptors (Lipinski definition) is 3. The van der Waals surface area contributed by atoms with Crippen LogP contribution in [-0.2, 0) is 4.74 Å². The number of amides is 1. The highest BCUT2D eigenvalue weighted by atomic mass is 16.6. The minimum absolute atomic E-state index is 0.222. The topological polar surface area (TPSA) is 41.6 Å². The number of likely N-dealkylation sites (tertiary alicyclic amines) is 1. The molecular formula is C13H24N2O2. The van der Waals surface area contributed by atoms with Gasteiger partial charge in [-0.1, -0.05) is 6.08 Å². The van der Waals surface area contributed by atoms with Crippen molar-refractivity contribution in [1.29, 1.82) is 0 Å². The summed E-state index contributed by atoms with van der Waals surface area (Å²) >= 11 is 0. The van der Waals surface area contributed by atoms with Gasteiger partial charge >= 0.3 is 6.09 Å². The lowest BCUT2D eigenvalue weighted by atomic mass is 9.92. The van der Waals surface area contributed by atoms with E-state index < -0.39 is 5.60 Å². The Balaban J connectivity index is 2.57. The second-order valence-corrected chi connectivity index (χ2v) is 5.51. The van der Waals surface area contributed by atoms with Crippen molar-refractivity contribution in [2.75, 3.05) is 20.1 Å². The van der Waals surface area contributed by atoms with E-state index in [0.29, 0.717) is 12.5 Å². The first-order valence-electron chi connectivity index (χ1n) is 6.15. The molecule has 1 amide bonds. The Hall–Kier alpha value is -1.03. The van der Waals surface area contributed by atoms with Gasteiger partial charge in [-0.25, -0.2) is 4.79 Å². The average molecular weight is 240 g/mol. The summed E-state index contributed by atoms with van der Waals surface area (Å²) in [4.78, 5) is 13.7. The van der Waals surface area contributed by atoms with Crippen molar-refractivity contribution in [2.24, 2.45) is 5.92 Å². The molecule has 1 fully saturated rings. The molecule has 1 heterocycles. The van der Waals surface area contributed by atoms with Gasteiger partial charge in [0.05, 0.1) is 0 Å². The molecule has 1 rings (SSSR count). The Labute approximate surface area is 104 Å². The van der Waals surface area contributed by atoms with Crippen molar-refractivity contribution < 1.29 is 9.53 Å². The number of ether oxygens (including phenoxy) is 1. The monoisotopic (exact) mass is 240 g/mol.